The lowest BCUT2D eigenvalue weighted by Gasteiger charge is -2.32. The Kier molecular flexibility index (Phi) is 4.62. The van der Waals surface area contributed by atoms with E-state index in [-0.39, 0.29) is 0 Å². The quantitative estimate of drug-likeness (QED) is 0.929. The largest absolute Gasteiger partial charge is 0.488 e. The van der Waals surface area contributed by atoms with Gasteiger partial charge in [-0.3, -0.25) is 4.98 Å². The van der Waals surface area contributed by atoms with Gasteiger partial charge in [-0.1, -0.05) is 13.8 Å². The molecule has 100 valence electrons. The second-order valence-electron chi connectivity index (χ2n) is 5.31. The highest BCUT2D eigenvalue weighted by atomic mass is 79.9. The number of halogens is 1. The summed E-state index contributed by atoms with van der Waals surface area (Å²) in [6, 6.07) is 1.97. The predicted octanol–water partition coefficient (Wildman–Crippen LogP) is 3.51. The Morgan fingerprint density at radius 2 is 2.17 bits per heavy atom. The molecule has 3 unspecified atom stereocenters. The van der Waals surface area contributed by atoms with Gasteiger partial charge in [0.1, 0.15) is 5.75 Å². The summed E-state index contributed by atoms with van der Waals surface area (Å²) < 4.78 is 7.04. The Morgan fingerprint density at radius 1 is 1.39 bits per heavy atom. The zero-order chi connectivity index (χ0) is 13.1. The lowest BCUT2D eigenvalue weighted by molar-refractivity contribution is 0.0992. The van der Waals surface area contributed by atoms with Gasteiger partial charge in [0.2, 0.25) is 0 Å². The van der Waals surface area contributed by atoms with E-state index in [0.29, 0.717) is 12.6 Å². The highest BCUT2D eigenvalue weighted by Gasteiger charge is 2.26. The fourth-order valence-electron chi connectivity index (χ4n) is 2.49. The lowest BCUT2D eigenvalue weighted by atomic mass is 9.80. The van der Waals surface area contributed by atoms with Crippen molar-refractivity contribution in [2.75, 3.05) is 0 Å². The molecule has 3 atom stereocenters. The second kappa shape index (κ2) is 6.02. The van der Waals surface area contributed by atoms with Crippen molar-refractivity contribution in [3.8, 4) is 5.75 Å². The lowest BCUT2D eigenvalue weighted by Crippen LogP contribution is -2.29. The number of ether oxygens (including phenoxy) is 1. The predicted molar refractivity (Wildman–Crippen MR) is 76.4 cm³/mol. The molecule has 3 nitrogen and oxygen atoms in total. The third-order valence-electron chi connectivity index (χ3n) is 3.93. The fourth-order valence-corrected chi connectivity index (χ4v) is 2.80. The molecule has 0 radical (unpaired) electrons. The van der Waals surface area contributed by atoms with E-state index < -0.39 is 0 Å². The standard InChI is InChI=1S/C14H21BrN2O/c1-9-3-4-12(5-10(9)2)18-14-6-11(15)8-17-13(14)7-16/h6,8-10,12H,3-5,7,16H2,1-2H3. The van der Waals surface area contributed by atoms with Gasteiger partial charge in [-0.25, -0.2) is 0 Å². The maximum atomic E-state index is 6.10. The van der Waals surface area contributed by atoms with E-state index in [4.69, 9.17) is 10.5 Å². The molecule has 1 aliphatic rings. The molecule has 1 aromatic rings. The Morgan fingerprint density at radius 3 is 2.83 bits per heavy atom. The normalized spacial score (nSPS) is 28.1. The smallest absolute Gasteiger partial charge is 0.143 e. The van der Waals surface area contributed by atoms with Gasteiger partial charge in [0, 0.05) is 17.2 Å². The molecule has 2 N–H and O–H groups in total. The van der Waals surface area contributed by atoms with Crippen molar-refractivity contribution in [1.29, 1.82) is 0 Å². The number of hydrogen-bond acceptors (Lipinski definition) is 3. The van der Waals surface area contributed by atoms with Crippen LogP contribution in [0.1, 0.15) is 38.8 Å². The van der Waals surface area contributed by atoms with Crippen molar-refractivity contribution in [1.82, 2.24) is 4.98 Å². The van der Waals surface area contributed by atoms with Gasteiger partial charge in [0.15, 0.2) is 0 Å². The Bertz CT molecular complexity index is 411. The fraction of sp³-hybridized carbons (Fsp3) is 0.643. The highest BCUT2D eigenvalue weighted by molar-refractivity contribution is 9.10. The van der Waals surface area contributed by atoms with Crippen molar-refractivity contribution in [2.24, 2.45) is 17.6 Å². The van der Waals surface area contributed by atoms with Crippen molar-refractivity contribution in [2.45, 2.75) is 45.8 Å². The number of nitrogens with zero attached hydrogens (tertiary/aromatic N) is 1. The van der Waals surface area contributed by atoms with Gasteiger partial charge in [0.25, 0.3) is 0 Å². The molecule has 4 heteroatoms. The molecule has 1 aliphatic carbocycles. The van der Waals surface area contributed by atoms with Crippen LogP contribution in [0.15, 0.2) is 16.7 Å². The molecule has 0 spiro atoms. The summed E-state index contributed by atoms with van der Waals surface area (Å²) in [4.78, 5) is 4.30. The molecular weight excluding hydrogens is 292 g/mol. The number of nitrogens with two attached hydrogens (primary N) is 1. The van der Waals surface area contributed by atoms with Crippen LogP contribution in [0.25, 0.3) is 0 Å². The third kappa shape index (κ3) is 3.23. The number of pyridine rings is 1. The van der Waals surface area contributed by atoms with Gasteiger partial charge >= 0.3 is 0 Å². The first-order chi connectivity index (χ1) is 8.60. The Balaban J connectivity index is 2.07. The van der Waals surface area contributed by atoms with Crippen LogP contribution < -0.4 is 10.5 Å². The molecular formula is C14H21BrN2O. The minimum absolute atomic E-state index is 0.303. The van der Waals surface area contributed by atoms with Crippen LogP contribution in [0, 0.1) is 11.8 Å². The summed E-state index contributed by atoms with van der Waals surface area (Å²) >= 11 is 3.43. The van der Waals surface area contributed by atoms with Crippen LogP contribution in [-0.4, -0.2) is 11.1 Å². The molecule has 1 heterocycles. The third-order valence-corrected chi connectivity index (χ3v) is 4.37. The maximum absolute atomic E-state index is 6.10. The zero-order valence-corrected chi connectivity index (χ0v) is 12.6. The highest BCUT2D eigenvalue weighted by Crippen LogP contribution is 2.33. The SMILES string of the molecule is CC1CCC(Oc2cc(Br)cnc2CN)CC1C. The molecule has 1 fully saturated rings. The van der Waals surface area contributed by atoms with E-state index in [2.05, 4.69) is 34.8 Å². The van der Waals surface area contributed by atoms with Crippen LogP contribution in [0.2, 0.25) is 0 Å². The van der Waals surface area contributed by atoms with Gasteiger partial charge in [-0.05, 0) is 53.1 Å². The van der Waals surface area contributed by atoms with Crippen molar-refractivity contribution in [3.05, 3.63) is 22.4 Å². The van der Waals surface area contributed by atoms with Crippen LogP contribution in [0.4, 0.5) is 0 Å². The minimum Gasteiger partial charge on any atom is -0.488 e. The van der Waals surface area contributed by atoms with Crippen LogP contribution in [-0.2, 0) is 6.54 Å². The summed E-state index contributed by atoms with van der Waals surface area (Å²) in [6.07, 6.45) is 5.56. The molecule has 0 aliphatic heterocycles. The van der Waals surface area contributed by atoms with E-state index in [9.17, 15) is 0 Å². The van der Waals surface area contributed by atoms with Crippen molar-refractivity contribution in [3.63, 3.8) is 0 Å². The Labute approximate surface area is 117 Å². The first-order valence-corrected chi connectivity index (χ1v) is 7.40. The van der Waals surface area contributed by atoms with Gasteiger partial charge in [-0.15, -0.1) is 0 Å². The summed E-state index contributed by atoms with van der Waals surface area (Å²) in [5.74, 6) is 2.36. The molecule has 0 bridgehead atoms. The van der Waals surface area contributed by atoms with Gasteiger partial charge in [0.05, 0.1) is 11.8 Å². The molecule has 2 rings (SSSR count). The zero-order valence-electron chi connectivity index (χ0n) is 11.0. The molecule has 18 heavy (non-hydrogen) atoms. The molecule has 1 saturated carbocycles. The average Bonchev–Trinajstić information content (AvgIpc) is 2.34. The summed E-state index contributed by atoms with van der Waals surface area (Å²) in [6.45, 7) is 5.05. The van der Waals surface area contributed by atoms with Crippen molar-refractivity contribution < 1.29 is 4.74 Å². The van der Waals surface area contributed by atoms with E-state index in [1.807, 2.05) is 6.07 Å². The van der Waals surface area contributed by atoms with Crippen LogP contribution >= 0.6 is 15.9 Å². The minimum atomic E-state index is 0.303. The summed E-state index contributed by atoms with van der Waals surface area (Å²) in [7, 11) is 0. The average molecular weight is 313 g/mol. The van der Waals surface area contributed by atoms with Gasteiger partial charge < -0.3 is 10.5 Å². The molecule has 0 saturated heterocycles. The van der Waals surface area contributed by atoms with Crippen LogP contribution in [0.3, 0.4) is 0 Å². The summed E-state index contributed by atoms with van der Waals surface area (Å²) in [5, 5.41) is 0. The Hall–Kier alpha value is -0.610. The number of aromatic nitrogens is 1. The van der Waals surface area contributed by atoms with E-state index in [1.54, 1.807) is 6.20 Å². The second-order valence-corrected chi connectivity index (χ2v) is 6.23. The first kappa shape index (κ1) is 13.8. The van der Waals surface area contributed by atoms with E-state index >= 15 is 0 Å². The van der Waals surface area contributed by atoms with Crippen LogP contribution in [0.5, 0.6) is 5.75 Å². The molecule has 0 aromatic carbocycles. The molecule has 1 aromatic heterocycles. The number of hydrogen-bond donors (Lipinski definition) is 1. The van der Waals surface area contributed by atoms with E-state index in [1.165, 1.54) is 6.42 Å². The van der Waals surface area contributed by atoms with E-state index in [0.717, 1.165) is 40.6 Å². The number of rotatable bonds is 3. The maximum Gasteiger partial charge on any atom is 0.143 e. The van der Waals surface area contributed by atoms with Gasteiger partial charge in [-0.2, -0.15) is 0 Å². The first-order valence-electron chi connectivity index (χ1n) is 6.61. The molecule has 0 amide bonds. The summed E-state index contributed by atoms with van der Waals surface area (Å²) in [5.41, 5.74) is 6.53. The monoisotopic (exact) mass is 312 g/mol. The van der Waals surface area contributed by atoms with Crippen molar-refractivity contribution >= 4 is 15.9 Å². The topological polar surface area (TPSA) is 48.1 Å².